The molecule has 1 aromatic heterocycles. The van der Waals surface area contributed by atoms with Gasteiger partial charge in [0.15, 0.2) is 4.34 Å². The number of unbranched alkanes of at least 4 members (excludes halogenated alkanes) is 1. The van der Waals surface area contributed by atoms with Crippen molar-refractivity contribution in [2.24, 2.45) is 0 Å². The van der Waals surface area contributed by atoms with E-state index in [1.54, 1.807) is 11.8 Å². The lowest BCUT2D eigenvalue weighted by Crippen LogP contribution is -2.18. The Labute approximate surface area is 93.9 Å². The van der Waals surface area contributed by atoms with E-state index in [9.17, 15) is 0 Å². The molecule has 0 amide bonds. The SMILES string of the molecule is CCCCNCCSc1nc(C)ns1. The second-order valence-electron chi connectivity index (χ2n) is 3.06. The van der Waals surface area contributed by atoms with Crippen LogP contribution >= 0.6 is 23.3 Å². The lowest BCUT2D eigenvalue weighted by Gasteiger charge is -2.01. The fourth-order valence-electron chi connectivity index (χ4n) is 0.974. The molecule has 1 aromatic rings. The third kappa shape index (κ3) is 4.93. The van der Waals surface area contributed by atoms with Gasteiger partial charge >= 0.3 is 0 Å². The zero-order valence-electron chi connectivity index (χ0n) is 8.75. The molecule has 0 saturated heterocycles. The lowest BCUT2D eigenvalue weighted by molar-refractivity contribution is 0.666. The van der Waals surface area contributed by atoms with Crippen LogP contribution in [-0.2, 0) is 0 Å². The number of rotatable bonds is 7. The van der Waals surface area contributed by atoms with Crippen molar-refractivity contribution < 1.29 is 0 Å². The number of nitrogens with one attached hydrogen (secondary N) is 1. The molecule has 0 aliphatic heterocycles. The molecule has 0 unspecified atom stereocenters. The Morgan fingerprint density at radius 2 is 2.29 bits per heavy atom. The highest BCUT2D eigenvalue weighted by Crippen LogP contribution is 2.18. The summed E-state index contributed by atoms with van der Waals surface area (Å²) >= 11 is 3.27. The Bertz CT molecular complexity index is 250. The van der Waals surface area contributed by atoms with Gasteiger partial charge in [-0.3, -0.25) is 0 Å². The Balaban J connectivity index is 1.99. The van der Waals surface area contributed by atoms with Crippen LogP contribution in [0.15, 0.2) is 4.34 Å². The molecule has 0 aliphatic rings. The van der Waals surface area contributed by atoms with Gasteiger partial charge in [-0.1, -0.05) is 25.1 Å². The van der Waals surface area contributed by atoms with Crippen LogP contribution in [0, 0.1) is 6.92 Å². The molecule has 0 saturated carbocycles. The Morgan fingerprint density at radius 3 is 2.93 bits per heavy atom. The predicted octanol–water partition coefficient (Wildman–Crippen LogP) is 2.33. The average molecular weight is 231 g/mol. The zero-order chi connectivity index (χ0) is 10.2. The highest BCUT2D eigenvalue weighted by atomic mass is 32.2. The van der Waals surface area contributed by atoms with E-state index in [0.717, 1.165) is 29.0 Å². The van der Waals surface area contributed by atoms with Crippen molar-refractivity contribution in [3.63, 3.8) is 0 Å². The van der Waals surface area contributed by atoms with E-state index >= 15 is 0 Å². The van der Waals surface area contributed by atoms with Gasteiger partial charge in [0.25, 0.3) is 0 Å². The maximum absolute atomic E-state index is 4.29. The number of hydrogen-bond acceptors (Lipinski definition) is 5. The minimum Gasteiger partial charge on any atom is -0.316 e. The summed E-state index contributed by atoms with van der Waals surface area (Å²) in [5.41, 5.74) is 0. The average Bonchev–Trinajstić information content (AvgIpc) is 2.58. The lowest BCUT2D eigenvalue weighted by atomic mass is 10.3. The standard InChI is InChI=1S/C9H17N3S2/c1-3-4-5-10-6-7-13-9-11-8(2)12-14-9/h10H,3-7H2,1-2H3. The van der Waals surface area contributed by atoms with Crippen molar-refractivity contribution in [2.75, 3.05) is 18.8 Å². The highest BCUT2D eigenvalue weighted by Gasteiger charge is 1.99. The fraction of sp³-hybridized carbons (Fsp3) is 0.778. The van der Waals surface area contributed by atoms with E-state index < -0.39 is 0 Å². The molecule has 1 rings (SSSR count). The molecule has 0 spiro atoms. The largest absolute Gasteiger partial charge is 0.316 e. The van der Waals surface area contributed by atoms with Gasteiger partial charge in [0.2, 0.25) is 0 Å². The van der Waals surface area contributed by atoms with Crippen molar-refractivity contribution in [3.05, 3.63) is 5.82 Å². The van der Waals surface area contributed by atoms with E-state index in [4.69, 9.17) is 0 Å². The predicted molar refractivity (Wildman–Crippen MR) is 63.1 cm³/mol. The summed E-state index contributed by atoms with van der Waals surface area (Å²) in [5.74, 6) is 1.97. The minimum absolute atomic E-state index is 0.886. The molecule has 0 bridgehead atoms. The van der Waals surface area contributed by atoms with E-state index in [2.05, 4.69) is 21.6 Å². The third-order valence-corrected chi connectivity index (χ3v) is 3.65. The van der Waals surface area contributed by atoms with E-state index in [0.29, 0.717) is 0 Å². The first-order chi connectivity index (χ1) is 6.83. The zero-order valence-corrected chi connectivity index (χ0v) is 10.4. The molecule has 0 atom stereocenters. The molecule has 14 heavy (non-hydrogen) atoms. The number of nitrogens with zero attached hydrogens (tertiary/aromatic N) is 2. The maximum atomic E-state index is 4.29. The van der Waals surface area contributed by atoms with Crippen LogP contribution in [-0.4, -0.2) is 28.2 Å². The maximum Gasteiger partial charge on any atom is 0.170 e. The summed E-state index contributed by atoms with van der Waals surface area (Å²) in [5, 5.41) is 3.40. The first-order valence-electron chi connectivity index (χ1n) is 4.96. The monoisotopic (exact) mass is 231 g/mol. The van der Waals surface area contributed by atoms with Crippen LogP contribution < -0.4 is 5.32 Å². The molecule has 1 heterocycles. The molecule has 0 radical (unpaired) electrons. The summed E-state index contributed by atoms with van der Waals surface area (Å²) in [6.07, 6.45) is 2.53. The van der Waals surface area contributed by atoms with Crippen LogP contribution in [0.25, 0.3) is 0 Å². The summed E-state index contributed by atoms with van der Waals surface area (Å²) in [6, 6.07) is 0. The van der Waals surface area contributed by atoms with Crippen molar-refractivity contribution >= 4 is 23.3 Å². The van der Waals surface area contributed by atoms with Crippen molar-refractivity contribution in [2.45, 2.75) is 31.0 Å². The molecule has 3 nitrogen and oxygen atoms in total. The quantitative estimate of drug-likeness (QED) is 0.577. The molecule has 80 valence electrons. The van der Waals surface area contributed by atoms with E-state index in [1.807, 2.05) is 6.92 Å². The first-order valence-corrected chi connectivity index (χ1v) is 6.72. The highest BCUT2D eigenvalue weighted by molar-refractivity contribution is 8.00. The smallest absolute Gasteiger partial charge is 0.170 e. The second-order valence-corrected chi connectivity index (χ2v) is 5.15. The van der Waals surface area contributed by atoms with Crippen molar-refractivity contribution in [3.8, 4) is 0 Å². The van der Waals surface area contributed by atoms with Gasteiger partial charge in [-0.15, -0.1) is 0 Å². The van der Waals surface area contributed by atoms with E-state index in [-0.39, 0.29) is 0 Å². The van der Waals surface area contributed by atoms with Gasteiger partial charge in [0.1, 0.15) is 5.82 Å². The van der Waals surface area contributed by atoms with Gasteiger partial charge in [-0.25, -0.2) is 4.98 Å². The van der Waals surface area contributed by atoms with Gasteiger partial charge < -0.3 is 5.32 Å². The summed E-state index contributed by atoms with van der Waals surface area (Å²) in [4.78, 5) is 4.29. The second kappa shape index (κ2) is 7.20. The summed E-state index contributed by atoms with van der Waals surface area (Å²) in [6.45, 7) is 6.33. The Kier molecular flexibility index (Phi) is 6.14. The fourth-order valence-corrected chi connectivity index (χ4v) is 2.59. The van der Waals surface area contributed by atoms with Crippen LogP contribution in [0.3, 0.4) is 0 Å². The normalized spacial score (nSPS) is 10.7. The van der Waals surface area contributed by atoms with Crippen LogP contribution in [0.5, 0.6) is 0 Å². The van der Waals surface area contributed by atoms with Crippen molar-refractivity contribution in [1.29, 1.82) is 0 Å². The number of thioether (sulfide) groups is 1. The summed E-state index contributed by atoms with van der Waals surface area (Å²) < 4.78 is 5.22. The van der Waals surface area contributed by atoms with Gasteiger partial charge in [-0.2, -0.15) is 4.37 Å². The number of aryl methyl sites for hydroxylation is 1. The molecule has 0 aromatic carbocycles. The van der Waals surface area contributed by atoms with Gasteiger partial charge in [-0.05, 0) is 31.4 Å². The van der Waals surface area contributed by atoms with E-state index in [1.165, 1.54) is 24.4 Å². The van der Waals surface area contributed by atoms with Gasteiger partial charge in [0.05, 0.1) is 0 Å². The molecule has 0 fully saturated rings. The molecular weight excluding hydrogens is 214 g/mol. The minimum atomic E-state index is 0.886. The number of hydrogen-bond donors (Lipinski definition) is 1. The molecule has 1 N–H and O–H groups in total. The van der Waals surface area contributed by atoms with Crippen LogP contribution in [0.2, 0.25) is 0 Å². The van der Waals surface area contributed by atoms with Crippen LogP contribution in [0.1, 0.15) is 25.6 Å². The molecular formula is C9H17N3S2. The topological polar surface area (TPSA) is 37.8 Å². The Hall–Kier alpha value is -0.130. The first kappa shape index (κ1) is 11.9. The van der Waals surface area contributed by atoms with Crippen molar-refractivity contribution in [1.82, 2.24) is 14.7 Å². The number of aromatic nitrogens is 2. The Morgan fingerprint density at radius 1 is 1.43 bits per heavy atom. The molecule has 5 heteroatoms. The van der Waals surface area contributed by atoms with Crippen LogP contribution in [0.4, 0.5) is 0 Å². The third-order valence-electron chi connectivity index (χ3n) is 1.72. The van der Waals surface area contributed by atoms with Gasteiger partial charge in [0, 0.05) is 12.3 Å². The molecule has 0 aliphatic carbocycles. The summed E-state index contributed by atoms with van der Waals surface area (Å²) in [7, 11) is 0.